The summed E-state index contributed by atoms with van der Waals surface area (Å²) in [5.41, 5.74) is 1.15. The summed E-state index contributed by atoms with van der Waals surface area (Å²) in [5, 5.41) is -0.0952. The second-order valence-corrected chi connectivity index (χ2v) is 5.81. The summed E-state index contributed by atoms with van der Waals surface area (Å²) in [4.78, 5) is 25.1. The summed E-state index contributed by atoms with van der Waals surface area (Å²) in [6.45, 7) is 0. The summed E-state index contributed by atoms with van der Waals surface area (Å²) in [7, 11) is 0. The average molecular weight is 259 g/mol. The van der Waals surface area contributed by atoms with Crippen molar-refractivity contribution in [3.63, 3.8) is 0 Å². The fourth-order valence-corrected chi connectivity index (χ4v) is 4.27. The molecule has 3 aliphatic carbocycles. The van der Waals surface area contributed by atoms with Crippen LogP contribution in [0, 0.1) is 23.7 Å². The molecule has 5 atom stereocenters. The number of rotatable bonds is 0. The Morgan fingerprint density at radius 1 is 0.833 bits per heavy atom. The maximum Gasteiger partial charge on any atom is 0.168 e. The van der Waals surface area contributed by atoms with Crippen LogP contribution in [0.5, 0.6) is 0 Å². The third kappa shape index (κ3) is 1.05. The first-order valence-corrected chi connectivity index (χ1v) is 6.63. The quantitative estimate of drug-likeness (QED) is 0.530. The number of fused-ring (bicyclic) bond motifs is 6. The maximum atomic E-state index is 12.5. The third-order valence-electron chi connectivity index (χ3n) is 4.57. The van der Waals surface area contributed by atoms with Crippen LogP contribution in [0.3, 0.4) is 0 Å². The van der Waals surface area contributed by atoms with Crippen molar-refractivity contribution in [2.45, 2.75) is 5.38 Å². The molecule has 0 saturated heterocycles. The fraction of sp³-hybridized carbons (Fsp3) is 0.333. The lowest BCUT2D eigenvalue weighted by Crippen LogP contribution is -2.38. The molecule has 1 aromatic carbocycles. The van der Waals surface area contributed by atoms with E-state index in [0.29, 0.717) is 11.1 Å². The van der Waals surface area contributed by atoms with Gasteiger partial charge in [0.25, 0.3) is 0 Å². The van der Waals surface area contributed by atoms with Crippen molar-refractivity contribution < 1.29 is 9.59 Å². The van der Waals surface area contributed by atoms with Crippen LogP contribution in [0.4, 0.5) is 0 Å². The van der Waals surface area contributed by atoms with Crippen LogP contribution in [0.15, 0.2) is 36.4 Å². The zero-order chi connectivity index (χ0) is 12.4. The second-order valence-electron chi connectivity index (χ2n) is 5.31. The average Bonchev–Trinajstić information content (AvgIpc) is 2.90. The van der Waals surface area contributed by atoms with Gasteiger partial charge in [0.05, 0.1) is 0 Å². The highest BCUT2D eigenvalue weighted by molar-refractivity contribution is 6.24. The molecule has 2 bridgehead atoms. The van der Waals surface area contributed by atoms with Gasteiger partial charge < -0.3 is 0 Å². The Kier molecular flexibility index (Phi) is 1.94. The van der Waals surface area contributed by atoms with Gasteiger partial charge in [-0.1, -0.05) is 36.4 Å². The van der Waals surface area contributed by atoms with Crippen LogP contribution in [0.25, 0.3) is 0 Å². The number of alkyl halides is 1. The first-order valence-electron chi connectivity index (χ1n) is 6.20. The number of ketones is 2. The molecule has 0 amide bonds. The monoisotopic (exact) mass is 258 g/mol. The Morgan fingerprint density at radius 2 is 1.28 bits per heavy atom. The number of allylic oxidation sites excluding steroid dienone is 2. The van der Waals surface area contributed by atoms with Crippen LogP contribution < -0.4 is 0 Å². The number of hydrogen-bond donors (Lipinski definition) is 0. The Hall–Kier alpha value is -1.41. The summed E-state index contributed by atoms with van der Waals surface area (Å²) in [6.07, 6.45) is 4.03. The van der Waals surface area contributed by atoms with Crippen molar-refractivity contribution in [3.8, 4) is 0 Å². The molecular formula is C15H11ClO2. The number of benzene rings is 1. The molecule has 18 heavy (non-hydrogen) atoms. The van der Waals surface area contributed by atoms with E-state index in [9.17, 15) is 9.59 Å². The van der Waals surface area contributed by atoms with Gasteiger partial charge in [-0.15, -0.1) is 11.6 Å². The molecule has 1 unspecified atom stereocenters. The van der Waals surface area contributed by atoms with E-state index in [-0.39, 0.29) is 40.6 Å². The number of Topliss-reactive ketones (excluding diaryl/α,β-unsaturated/α-hetero) is 2. The van der Waals surface area contributed by atoms with Crippen molar-refractivity contribution in [1.29, 1.82) is 0 Å². The summed E-state index contributed by atoms with van der Waals surface area (Å²) >= 11 is 6.36. The van der Waals surface area contributed by atoms with Crippen molar-refractivity contribution in [3.05, 3.63) is 47.5 Å². The van der Waals surface area contributed by atoms with Gasteiger partial charge in [-0.25, -0.2) is 0 Å². The summed E-state index contributed by atoms with van der Waals surface area (Å²) in [6, 6.07) is 7.13. The molecule has 0 heterocycles. The van der Waals surface area contributed by atoms with Crippen LogP contribution in [-0.2, 0) is 0 Å². The van der Waals surface area contributed by atoms with Gasteiger partial charge in [0.15, 0.2) is 11.6 Å². The zero-order valence-electron chi connectivity index (χ0n) is 9.55. The van der Waals surface area contributed by atoms with Gasteiger partial charge in [0.1, 0.15) is 0 Å². The molecule has 0 spiro atoms. The Morgan fingerprint density at radius 3 is 1.72 bits per heavy atom. The van der Waals surface area contributed by atoms with E-state index >= 15 is 0 Å². The van der Waals surface area contributed by atoms with E-state index in [0.717, 1.165) is 0 Å². The van der Waals surface area contributed by atoms with E-state index in [2.05, 4.69) is 0 Å². The van der Waals surface area contributed by atoms with Crippen molar-refractivity contribution >= 4 is 23.2 Å². The Bertz CT molecular complexity index is 553. The Labute approximate surface area is 110 Å². The molecule has 0 aromatic heterocycles. The second kappa shape index (κ2) is 3.33. The predicted molar refractivity (Wildman–Crippen MR) is 67.8 cm³/mol. The normalized spacial score (nSPS) is 39.9. The topological polar surface area (TPSA) is 34.1 Å². The first-order chi connectivity index (χ1) is 8.70. The van der Waals surface area contributed by atoms with E-state index < -0.39 is 0 Å². The van der Waals surface area contributed by atoms with Crippen LogP contribution >= 0.6 is 11.6 Å². The minimum atomic E-state index is -0.232. The van der Waals surface area contributed by atoms with E-state index in [1.165, 1.54) is 0 Å². The molecule has 2 nitrogen and oxygen atoms in total. The lowest BCUT2D eigenvalue weighted by molar-refractivity contribution is 0.0720. The van der Waals surface area contributed by atoms with Crippen LogP contribution in [-0.4, -0.2) is 16.9 Å². The van der Waals surface area contributed by atoms with Crippen molar-refractivity contribution in [2.75, 3.05) is 0 Å². The first kappa shape index (κ1) is 10.5. The molecule has 0 radical (unpaired) electrons. The van der Waals surface area contributed by atoms with Crippen LogP contribution in [0.1, 0.15) is 20.7 Å². The molecule has 0 N–H and O–H groups in total. The van der Waals surface area contributed by atoms with Gasteiger partial charge in [-0.2, -0.15) is 0 Å². The summed E-state index contributed by atoms with van der Waals surface area (Å²) < 4.78 is 0. The maximum absolute atomic E-state index is 12.5. The van der Waals surface area contributed by atoms with Gasteiger partial charge in [0.2, 0.25) is 0 Å². The molecule has 0 aliphatic heterocycles. The predicted octanol–water partition coefficient (Wildman–Crippen LogP) is 2.72. The molecule has 4 rings (SSSR count). The smallest absolute Gasteiger partial charge is 0.168 e. The van der Waals surface area contributed by atoms with E-state index in [4.69, 9.17) is 11.6 Å². The molecule has 1 fully saturated rings. The Balaban J connectivity index is 1.93. The lowest BCUT2D eigenvalue weighted by atomic mass is 9.69. The van der Waals surface area contributed by atoms with Gasteiger partial charge >= 0.3 is 0 Å². The molecule has 3 aliphatic rings. The van der Waals surface area contributed by atoms with Gasteiger partial charge in [0, 0.05) is 40.2 Å². The van der Waals surface area contributed by atoms with Crippen molar-refractivity contribution in [2.24, 2.45) is 23.7 Å². The molecular weight excluding hydrogens is 248 g/mol. The van der Waals surface area contributed by atoms with Crippen LogP contribution in [0.2, 0.25) is 0 Å². The van der Waals surface area contributed by atoms with Crippen molar-refractivity contribution in [1.82, 2.24) is 0 Å². The lowest BCUT2D eigenvalue weighted by Gasteiger charge is -2.30. The number of halogens is 1. The molecule has 1 aromatic rings. The van der Waals surface area contributed by atoms with E-state index in [1.54, 1.807) is 12.1 Å². The highest BCUT2D eigenvalue weighted by Crippen LogP contribution is 2.54. The minimum absolute atomic E-state index is 0.0338. The minimum Gasteiger partial charge on any atom is -0.294 e. The standard InChI is InChI=1S/C15H11ClO2/c16-13-9-5-6-10(13)12-11(9)14(17)7-3-1-2-4-8(7)15(12)18/h1-6,9-13H/t9-,10+,11+,12-,13?. The number of carbonyl (C=O) groups excluding carboxylic acids is 2. The molecule has 90 valence electrons. The highest BCUT2D eigenvalue weighted by atomic mass is 35.5. The third-order valence-corrected chi connectivity index (χ3v) is 5.15. The van der Waals surface area contributed by atoms with Gasteiger partial charge in [-0.05, 0) is 0 Å². The number of hydrogen-bond acceptors (Lipinski definition) is 2. The molecule has 1 saturated carbocycles. The SMILES string of the molecule is O=C1c2ccccc2C(=O)[C@H]2[C@@H]1[C@H]1C=C[C@@H]2C1Cl. The largest absolute Gasteiger partial charge is 0.294 e. The summed E-state index contributed by atoms with van der Waals surface area (Å²) in [5.74, 6) is -0.205. The highest BCUT2D eigenvalue weighted by Gasteiger charge is 2.58. The zero-order valence-corrected chi connectivity index (χ0v) is 10.3. The van der Waals surface area contributed by atoms with Gasteiger partial charge in [-0.3, -0.25) is 9.59 Å². The molecule has 3 heteroatoms. The van der Waals surface area contributed by atoms with E-state index in [1.807, 2.05) is 24.3 Å². The number of carbonyl (C=O) groups is 2. The fourth-order valence-electron chi connectivity index (χ4n) is 3.79.